The summed E-state index contributed by atoms with van der Waals surface area (Å²) >= 11 is 0. The van der Waals surface area contributed by atoms with Crippen LogP contribution in [0.25, 0.3) is 0 Å². The summed E-state index contributed by atoms with van der Waals surface area (Å²) in [6.07, 6.45) is 24.4. The third-order valence-electron chi connectivity index (χ3n) is 8.30. The lowest BCUT2D eigenvalue weighted by Crippen LogP contribution is -2.57. The van der Waals surface area contributed by atoms with Crippen molar-refractivity contribution < 1.29 is 17.5 Å². The summed E-state index contributed by atoms with van der Waals surface area (Å²) in [4.78, 5) is 0. The predicted octanol–water partition coefficient (Wildman–Crippen LogP) is 9.33. The number of aryl methyl sites for hydroxylation is 1. The van der Waals surface area contributed by atoms with Gasteiger partial charge in [-0.3, -0.25) is 4.55 Å². The third kappa shape index (κ3) is 15.3. The average Bonchev–Trinajstić information content (AvgIpc) is 2.84. The van der Waals surface area contributed by atoms with Gasteiger partial charge in [0.25, 0.3) is 10.1 Å². The highest BCUT2D eigenvalue weighted by molar-refractivity contribution is 7.85. The Morgan fingerprint density at radius 3 is 1.46 bits per heavy atom. The van der Waals surface area contributed by atoms with Gasteiger partial charge in [-0.25, -0.2) is 0 Å². The Labute approximate surface area is 232 Å². The molecule has 4 nitrogen and oxygen atoms in total. The van der Waals surface area contributed by atoms with E-state index in [2.05, 4.69) is 66.1 Å². The van der Waals surface area contributed by atoms with E-state index in [9.17, 15) is 8.42 Å². The Kier molecular flexibility index (Phi) is 19.6. The van der Waals surface area contributed by atoms with Gasteiger partial charge in [0, 0.05) is 18.4 Å². The fourth-order valence-corrected chi connectivity index (χ4v) is 6.01. The van der Waals surface area contributed by atoms with Crippen LogP contribution in [0.2, 0.25) is 0 Å². The van der Waals surface area contributed by atoms with Gasteiger partial charge in [0.2, 0.25) is 0 Å². The standard InChI is InChI=1S/C31H58N.CH4O3S/c1-7-11-12-13-14-15-16-17-18-19-20-21-22-25-28-32(5,6)31(9-3,10-4)30-27-24-23-26-29(30)8-2;1-5(2,3)4/h23-24,26-27H,7-22,25,28H2,1-6H3;1H3,(H,2,3,4)/q+1;. The number of nitrogens with zero attached hydrogens (tertiary/aromatic N) is 1. The van der Waals surface area contributed by atoms with Crippen molar-refractivity contribution in [2.75, 3.05) is 26.9 Å². The van der Waals surface area contributed by atoms with Crippen LogP contribution in [0.3, 0.4) is 0 Å². The second-order valence-corrected chi connectivity index (χ2v) is 13.0. The largest absolute Gasteiger partial charge is 0.320 e. The second kappa shape index (κ2) is 20.1. The molecule has 0 radical (unpaired) electrons. The lowest BCUT2D eigenvalue weighted by atomic mass is 9.78. The van der Waals surface area contributed by atoms with Crippen molar-refractivity contribution >= 4 is 10.1 Å². The first-order valence-corrected chi connectivity index (χ1v) is 17.2. The molecule has 1 aromatic rings. The maximum Gasteiger partial charge on any atom is 0.261 e. The molecular weight excluding hydrogens is 478 g/mol. The first-order chi connectivity index (χ1) is 17.5. The summed E-state index contributed by atoms with van der Waals surface area (Å²) in [7, 11) is 1.31. The van der Waals surface area contributed by atoms with Gasteiger partial charge in [0.05, 0.1) is 26.9 Å². The maximum absolute atomic E-state index is 9.19. The molecule has 0 saturated carbocycles. The normalized spacial score (nSPS) is 12.3. The lowest BCUT2D eigenvalue weighted by molar-refractivity contribution is -0.951. The minimum atomic E-state index is -3.67. The van der Waals surface area contributed by atoms with Crippen LogP contribution < -0.4 is 0 Å². The van der Waals surface area contributed by atoms with Gasteiger partial charge in [-0.05, 0) is 24.8 Å². The Bertz CT molecular complexity index is 777. The minimum absolute atomic E-state index is 0.239. The monoisotopic (exact) mass is 540 g/mol. The van der Waals surface area contributed by atoms with E-state index in [1.807, 2.05) is 0 Å². The van der Waals surface area contributed by atoms with Gasteiger partial charge in [0.15, 0.2) is 0 Å². The highest BCUT2D eigenvalue weighted by Crippen LogP contribution is 2.41. The fourth-order valence-electron chi connectivity index (χ4n) is 6.01. The summed E-state index contributed by atoms with van der Waals surface area (Å²) < 4.78 is 27.0. The van der Waals surface area contributed by atoms with E-state index in [0.29, 0.717) is 6.26 Å². The van der Waals surface area contributed by atoms with Crippen molar-refractivity contribution in [2.45, 2.75) is 142 Å². The van der Waals surface area contributed by atoms with E-state index < -0.39 is 10.1 Å². The molecule has 0 atom stereocenters. The lowest BCUT2D eigenvalue weighted by Gasteiger charge is -2.49. The number of unbranched alkanes of at least 4 members (excludes halogenated alkanes) is 13. The minimum Gasteiger partial charge on any atom is -0.320 e. The maximum atomic E-state index is 9.19. The zero-order valence-electron chi connectivity index (χ0n) is 25.7. The first kappa shape index (κ1) is 36.1. The molecule has 0 saturated heterocycles. The van der Waals surface area contributed by atoms with Crippen molar-refractivity contribution in [3.8, 4) is 0 Å². The molecule has 0 fully saturated rings. The number of quaternary nitrogens is 1. The van der Waals surface area contributed by atoms with Crippen LogP contribution >= 0.6 is 0 Å². The second-order valence-electron chi connectivity index (χ2n) is 11.5. The van der Waals surface area contributed by atoms with Crippen LogP contribution in [0.4, 0.5) is 0 Å². The molecule has 1 aromatic carbocycles. The third-order valence-corrected chi connectivity index (χ3v) is 8.30. The van der Waals surface area contributed by atoms with E-state index in [0.717, 1.165) is 10.9 Å². The van der Waals surface area contributed by atoms with E-state index >= 15 is 0 Å². The van der Waals surface area contributed by atoms with Crippen LogP contribution in [0, 0.1) is 0 Å². The number of benzene rings is 1. The van der Waals surface area contributed by atoms with Crippen molar-refractivity contribution in [3.05, 3.63) is 35.4 Å². The summed E-state index contributed by atoms with van der Waals surface area (Å²) in [6, 6.07) is 9.23. The Hall–Kier alpha value is -0.910. The predicted molar refractivity (Wildman–Crippen MR) is 163 cm³/mol. The molecule has 0 heterocycles. The van der Waals surface area contributed by atoms with Gasteiger partial charge in [-0.15, -0.1) is 0 Å². The van der Waals surface area contributed by atoms with Crippen molar-refractivity contribution in [1.82, 2.24) is 0 Å². The van der Waals surface area contributed by atoms with Gasteiger partial charge in [-0.2, -0.15) is 8.42 Å². The quantitative estimate of drug-likeness (QED) is 0.102. The summed E-state index contributed by atoms with van der Waals surface area (Å²) in [5, 5.41) is 0. The zero-order chi connectivity index (χ0) is 28.2. The molecule has 1 N–H and O–H groups in total. The smallest absolute Gasteiger partial charge is 0.261 e. The molecule has 218 valence electrons. The molecule has 37 heavy (non-hydrogen) atoms. The molecule has 0 aliphatic rings. The SMILES string of the molecule is CCCCCCCCCCCCCCCC[N+](C)(C)C(CC)(CC)c1ccccc1CC.CS(=O)(=O)O. The summed E-state index contributed by atoms with van der Waals surface area (Å²) in [5.74, 6) is 0. The number of hydrogen-bond acceptors (Lipinski definition) is 2. The van der Waals surface area contributed by atoms with Gasteiger partial charge >= 0.3 is 0 Å². The van der Waals surface area contributed by atoms with E-state index in [-0.39, 0.29) is 5.54 Å². The fraction of sp³-hybridized carbons (Fsp3) is 0.812. The molecule has 0 aliphatic heterocycles. The Morgan fingerprint density at radius 2 is 1.08 bits per heavy atom. The Morgan fingerprint density at radius 1 is 0.703 bits per heavy atom. The molecule has 1 rings (SSSR count). The summed E-state index contributed by atoms with van der Waals surface area (Å²) in [6.45, 7) is 10.7. The highest BCUT2D eigenvalue weighted by Gasteiger charge is 2.44. The highest BCUT2D eigenvalue weighted by atomic mass is 32.2. The molecule has 0 amide bonds. The van der Waals surface area contributed by atoms with Gasteiger partial charge in [0.1, 0.15) is 5.54 Å². The zero-order valence-corrected chi connectivity index (χ0v) is 26.5. The van der Waals surface area contributed by atoms with Crippen LogP contribution in [0.5, 0.6) is 0 Å². The van der Waals surface area contributed by atoms with Crippen LogP contribution in [0.1, 0.15) is 142 Å². The Balaban J connectivity index is 0.00000235. The van der Waals surface area contributed by atoms with Crippen LogP contribution in [-0.2, 0) is 22.1 Å². The number of rotatable bonds is 20. The number of hydrogen-bond donors (Lipinski definition) is 1. The van der Waals surface area contributed by atoms with Crippen LogP contribution in [0.15, 0.2) is 24.3 Å². The molecule has 0 unspecified atom stereocenters. The van der Waals surface area contributed by atoms with Crippen molar-refractivity contribution in [3.63, 3.8) is 0 Å². The first-order valence-electron chi connectivity index (χ1n) is 15.3. The van der Waals surface area contributed by atoms with Gasteiger partial charge in [-0.1, -0.05) is 129 Å². The van der Waals surface area contributed by atoms with Crippen LogP contribution in [-0.4, -0.2) is 44.3 Å². The van der Waals surface area contributed by atoms with Gasteiger partial charge < -0.3 is 4.48 Å². The molecule has 5 heteroatoms. The van der Waals surface area contributed by atoms with E-state index in [1.165, 1.54) is 109 Å². The molecule has 0 aliphatic carbocycles. The summed E-state index contributed by atoms with van der Waals surface area (Å²) in [5.41, 5.74) is 3.38. The molecular formula is C32H62NO3S+. The topological polar surface area (TPSA) is 54.4 Å². The molecule has 0 bridgehead atoms. The molecule has 0 aromatic heterocycles. The molecule has 0 spiro atoms. The van der Waals surface area contributed by atoms with Crippen molar-refractivity contribution in [2.24, 2.45) is 0 Å². The van der Waals surface area contributed by atoms with Crippen molar-refractivity contribution in [1.29, 1.82) is 0 Å². The van der Waals surface area contributed by atoms with E-state index in [4.69, 9.17) is 4.55 Å². The van der Waals surface area contributed by atoms with E-state index in [1.54, 1.807) is 11.1 Å². The average molecular weight is 541 g/mol.